The number of aromatic hydroxyl groups is 1. The highest BCUT2D eigenvalue weighted by Crippen LogP contribution is 2.28. The first-order valence-corrected chi connectivity index (χ1v) is 11.4. The van der Waals surface area contributed by atoms with Gasteiger partial charge in [-0.2, -0.15) is 5.10 Å². The number of phenolic OH excluding ortho intramolecular Hbond substituents is 1. The van der Waals surface area contributed by atoms with Crippen molar-refractivity contribution in [2.75, 3.05) is 5.75 Å². The van der Waals surface area contributed by atoms with E-state index in [1.807, 2.05) is 59.2 Å². The number of rotatable bonds is 7. The predicted octanol–water partition coefficient (Wildman–Crippen LogP) is 4.64. The van der Waals surface area contributed by atoms with Gasteiger partial charge in [-0.1, -0.05) is 70.2 Å². The van der Waals surface area contributed by atoms with Gasteiger partial charge in [0.15, 0.2) is 11.0 Å². The Morgan fingerprint density at radius 2 is 1.84 bits per heavy atom. The van der Waals surface area contributed by atoms with Crippen LogP contribution < -0.4 is 5.43 Å². The summed E-state index contributed by atoms with van der Waals surface area (Å²) in [4.78, 5) is 12.3. The Hall–Kier alpha value is -3.43. The summed E-state index contributed by atoms with van der Waals surface area (Å²) < 4.78 is 2.89. The Morgan fingerprint density at radius 1 is 1.06 bits per heavy atom. The maximum atomic E-state index is 12.3. The van der Waals surface area contributed by atoms with E-state index in [-0.39, 0.29) is 17.4 Å². The first kappa shape index (κ1) is 21.8. The molecule has 2 N–H and O–H groups in total. The SMILES string of the molecule is O=C(CSc1nnc(-c2ccccc2)n1-c1ccc(Br)cc1)NN=Cc1cccc(O)c1. The molecule has 32 heavy (non-hydrogen) atoms. The van der Waals surface area contributed by atoms with Gasteiger partial charge in [0.2, 0.25) is 0 Å². The van der Waals surface area contributed by atoms with Crippen LogP contribution in [0.15, 0.2) is 93.6 Å². The fourth-order valence-electron chi connectivity index (χ4n) is 2.91. The van der Waals surface area contributed by atoms with Gasteiger partial charge >= 0.3 is 0 Å². The molecule has 0 aliphatic rings. The average molecular weight is 508 g/mol. The van der Waals surface area contributed by atoms with Crippen LogP contribution in [0.4, 0.5) is 0 Å². The number of thioether (sulfide) groups is 1. The Kier molecular flexibility index (Phi) is 6.98. The molecule has 0 bridgehead atoms. The minimum Gasteiger partial charge on any atom is -0.508 e. The number of nitrogens with one attached hydrogen (secondary N) is 1. The zero-order valence-corrected chi connectivity index (χ0v) is 19.1. The van der Waals surface area contributed by atoms with Gasteiger partial charge in [0.05, 0.1) is 12.0 Å². The lowest BCUT2D eigenvalue weighted by molar-refractivity contribution is -0.118. The number of carbonyl (C=O) groups excluding carboxylic acids is 1. The van der Waals surface area contributed by atoms with Crippen LogP contribution >= 0.6 is 27.7 Å². The molecule has 160 valence electrons. The average Bonchev–Trinajstić information content (AvgIpc) is 3.23. The summed E-state index contributed by atoms with van der Waals surface area (Å²) in [5.41, 5.74) is 4.99. The molecule has 0 aliphatic carbocycles. The molecule has 1 heterocycles. The number of hydrogen-bond donors (Lipinski definition) is 2. The largest absolute Gasteiger partial charge is 0.508 e. The molecule has 4 aromatic rings. The minimum atomic E-state index is -0.280. The number of carbonyl (C=O) groups is 1. The third-order valence-corrected chi connectivity index (χ3v) is 5.81. The van der Waals surface area contributed by atoms with E-state index in [1.54, 1.807) is 24.3 Å². The minimum absolute atomic E-state index is 0.112. The Bertz CT molecular complexity index is 1240. The van der Waals surface area contributed by atoms with Crippen molar-refractivity contribution in [1.29, 1.82) is 0 Å². The number of nitrogens with zero attached hydrogens (tertiary/aromatic N) is 4. The van der Waals surface area contributed by atoms with Gasteiger partial charge in [0.25, 0.3) is 5.91 Å². The molecule has 0 radical (unpaired) electrons. The van der Waals surface area contributed by atoms with E-state index >= 15 is 0 Å². The molecule has 1 aromatic heterocycles. The van der Waals surface area contributed by atoms with Gasteiger partial charge in [0, 0.05) is 15.7 Å². The van der Waals surface area contributed by atoms with Crippen LogP contribution in [-0.4, -0.2) is 37.7 Å². The summed E-state index contributed by atoms with van der Waals surface area (Å²) >= 11 is 4.73. The van der Waals surface area contributed by atoms with Crippen LogP contribution in [-0.2, 0) is 4.79 Å². The first-order valence-electron chi connectivity index (χ1n) is 9.60. The zero-order chi connectivity index (χ0) is 22.3. The molecular weight excluding hydrogens is 490 g/mol. The molecule has 0 atom stereocenters. The molecule has 9 heteroatoms. The number of phenols is 1. The predicted molar refractivity (Wildman–Crippen MR) is 129 cm³/mol. The van der Waals surface area contributed by atoms with Crippen molar-refractivity contribution in [3.05, 3.63) is 88.9 Å². The van der Waals surface area contributed by atoms with Crippen LogP contribution in [0.1, 0.15) is 5.56 Å². The highest BCUT2D eigenvalue weighted by Gasteiger charge is 2.17. The molecule has 7 nitrogen and oxygen atoms in total. The second-order valence-electron chi connectivity index (χ2n) is 6.66. The van der Waals surface area contributed by atoms with Crippen molar-refractivity contribution in [3.8, 4) is 22.8 Å². The summed E-state index contributed by atoms with van der Waals surface area (Å²) in [6.45, 7) is 0. The van der Waals surface area contributed by atoms with E-state index < -0.39 is 0 Å². The van der Waals surface area contributed by atoms with E-state index in [0.717, 1.165) is 15.7 Å². The monoisotopic (exact) mass is 507 g/mol. The van der Waals surface area contributed by atoms with Crippen molar-refractivity contribution in [1.82, 2.24) is 20.2 Å². The van der Waals surface area contributed by atoms with Gasteiger partial charge in [-0.3, -0.25) is 9.36 Å². The third-order valence-electron chi connectivity index (χ3n) is 4.36. The van der Waals surface area contributed by atoms with Gasteiger partial charge < -0.3 is 5.11 Å². The molecule has 4 rings (SSSR count). The topological polar surface area (TPSA) is 92.4 Å². The molecule has 0 fully saturated rings. The smallest absolute Gasteiger partial charge is 0.250 e. The quantitative estimate of drug-likeness (QED) is 0.216. The zero-order valence-electron chi connectivity index (χ0n) is 16.7. The fraction of sp³-hybridized carbons (Fsp3) is 0.0435. The first-order chi connectivity index (χ1) is 15.6. The van der Waals surface area contributed by atoms with Gasteiger partial charge in [-0.25, -0.2) is 5.43 Å². The molecule has 0 spiro atoms. The lowest BCUT2D eigenvalue weighted by atomic mass is 10.2. The number of hydrogen-bond acceptors (Lipinski definition) is 6. The third kappa shape index (κ3) is 5.43. The second kappa shape index (κ2) is 10.3. The molecule has 0 aliphatic heterocycles. The molecule has 0 saturated carbocycles. The van der Waals surface area contributed by atoms with E-state index in [4.69, 9.17) is 0 Å². The molecule has 3 aromatic carbocycles. The number of benzene rings is 3. The molecular formula is C23H18BrN5O2S. The molecule has 0 saturated heterocycles. The number of halogens is 1. The van der Waals surface area contributed by atoms with Crippen molar-refractivity contribution < 1.29 is 9.90 Å². The fourth-order valence-corrected chi connectivity index (χ4v) is 3.92. The van der Waals surface area contributed by atoms with Crippen LogP contribution in [0.3, 0.4) is 0 Å². The highest BCUT2D eigenvalue weighted by atomic mass is 79.9. The molecule has 1 amide bonds. The number of amides is 1. The van der Waals surface area contributed by atoms with Crippen LogP contribution in [0, 0.1) is 0 Å². The summed E-state index contributed by atoms with van der Waals surface area (Å²) in [5, 5.41) is 22.7. The molecule has 0 unspecified atom stereocenters. The van der Waals surface area contributed by atoms with E-state index in [0.29, 0.717) is 16.5 Å². The van der Waals surface area contributed by atoms with Gasteiger partial charge in [-0.15, -0.1) is 10.2 Å². The summed E-state index contributed by atoms with van der Waals surface area (Å²) in [6, 6.07) is 24.2. The standard InChI is InChI=1S/C23H18BrN5O2S/c24-18-9-11-19(12-10-18)29-22(17-6-2-1-3-7-17)27-28-23(29)32-15-21(31)26-25-14-16-5-4-8-20(30)13-16/h1-14,30H,15H2,(H,26,31). The normalized spacial score (nSPS) is 11.0. The Balaban J connectivity index is 1.50. The summed E-state index contributed by atoms with van der Waals surface area (Å²) in [5.74, 6) is 0.661. The lowest BCUT2D eigenvalue weighted by Gasteiger charge is -2.10. The Morgan fingerprint density at radius 3 is 2.59 bits per heavy atom. The van der Waals surface area contributed by atoms with Gasteiger partial charge in [-0.05, 0) is 42.0 Å². The van der Waals surface area contributed by atoms with E-state index in [2.05, 4.69) is 36.7 Å². The van der Waals surface area contributed by atoms with E-state index in [9.17, 15) is 9.90 Å². The van der Waals surface area contributed by atoms with Crippen molar-refractivity contribution in [2.45, 2.75) is 5.16 Å². The maximum Gasteiger partial charge on any atom is 0.250 e. The van der Waals surface area contributed by atoms with Crippen LogP contribution in [0.25, 0.3) is 17.1 Å². The van der Waals surface area contributed by atoms with Crippen molar-refractivity contribution in [3.63, 3.8) is 0 Å². The number of hydrazone groups is 1. The Labute approximate surface area is 197 Å². The number of aromatic nitrogens is 3. The summed E-state index contributed by atoms with van der Waals surface area (Å²) in [7, 11) is 0. The second-order valence-corrected chi connectivity index (χ2v) is 8.52. The van der Waals surface area contributed by atoms with Crippen molar-refractivity contribution >= 4 is 39.8 Å². The van der Waals surface area contributed by atoms with Crippen LogP contribution in [0.2, 0.25) is 0 Å². The highest BCUT2D eigenvalue weighted by molar-refractivity contribution is 9.10. The van der Waals surface area contributed by atoms with Crippen molar-refractivity contribution in [2.24, 2.45) is 5.10 Å². The van der Waals surface area contributed by atoms with Gasteiger partial charge in [0.1, 0.15) is 5.75 Å². The maximum absolute atomic E-state index is 12.3. The van der Waals surface area contributed by atoms with E-state index in [1.165, 1.54) is 18.0 Å². The summed E-state index contributed by atoms with van der Waals surface area (Å²) in [6.07, 6.45) is 1.47. The lowest BCUT2D eigenvalue weighted by Crippen LogP contribution is -2.20. The van der Waals surface area contributed by atoms with Crippen LogP contribution in [0.5, 0.6) is 5.75 Å².